The Bertz CT molecular complexity index is 476. The predicted molar refractivity (Wildman–Crippen MR) is 78.5 cm³/mol. The van der Waals surface area contributed by atoms with E-state index in [0.29, 0.717) is 5.02 Å². The maximum Gasteiger partial charge on any atom is 0.271 e. The van der Waals surface area contributed by atoms with Gasteiger partial charge in [-0.05, 0) is 12.5 Å². The third-order valence-electron chi connectivity index (χ3n) is 3.49. The average Bonchev–Trinajstić information content (AvgIpc) is 2.45. The largest absolute Gasteiger partial charge is 0.396 e. The van der Waals surface area contributed by atoms with Crippen molar-refractivity contribution in [2.24, 2.45) is 0 Å². The molecule has 1 aliphatic heterocycles. The molecule has 1 fully saturated rings. The highest BCUT2D eigenvalue weighted by Gasteiger charge is 2.19. The Labute approximate surface area is 122 Å². The molecule has 1 heterocycles. The van der Waals surface area contributed by atoms with Crippen LogP contribution in [0.2, 0.25) is 5.02 Å². The number of benzene rings is 1. The predicted octanol–water partition coefficient (Wildman–Crippen LogP) is 1.75. The molecule has 0 amide bonds. The number of halogens is 1. The third-order valence-corrected chi connectivity index (χ3v) is 3.79. The normalized spacial score (nSPS) is 16.4. The minimum absolute atomic E-state index is 0.0142. The van der Waals surface area contributed by atoms with Gasteiger partial charge < -0.3 is 10.0 Å². The van der Waals surface area contributed by atoms with E-state index in [1.165, 1.54) is 12.1 Å². The minimum atomic E-state index is -0.442. The number of aliphatic hydroxyl groups excluding tert-OH is 1. The quantitative estimate of drug-likeness (QED) is 0.662. The molecule has 6 nitrogen and oxygen atoms in total. The molecule has 110 valence electrons. The van der Waals surface area contributed by atoms with Crippen molar-refractivity contribution in [3.05, 3.63) is 33.3 Å². The van der Waals surface area contributed by atoms with Gasteiger partial charge in [0, 0.05) is 51.5 Å². The van der Waals surface area contributed by atoms with Crippen molar-refractivity contribution >= 4 is 23.0 Å². The minimum Gasteiger partial charge on any atom is -0.396 e. The van der Waals surface area contributed by atoms with E-state index in [4.69, 9.17) is 16.7 Å². The number of hydrogen-bond acceptors (Lipinski definition) is 5. The summed E-state index contributed by atoms with van der Waals surface area (Å²) >= 11 is 6.13. The molecule has 0 bridgehead atoms. The van der Waals surface area contributed by atoms with Gasteiger partial charge in [0.1, 0.15) is 0 Å². The van der Waals surface area contributed by atoms with E-state index >= 15 is 0 Å². The smallest absolute Gasteiger partial charge is 0.271 e. The maximum absolute atomic E-state index is 10.7. The number of nitro benzene ring substituents is 1. The van der Waals surface area contributed by atoms with Crippen LogP contribution >= 0.6 is 11.6 Å². The van der Waals surface area contributed by atoms with Gasteiger partial charge in [0.05, 0.1) is 15.6 Å². The van der Waals surface area contributed by atoms with Crippen LogP contribution in [0, 0.1) is 10.1 Å². The molecule has 0 spiro atoms. The summed E-state index contributed by atoms with van der Waals surface area (Å²) in [5, 5.41) is 19.9. The first-order chi connectivity index (χ1) is 9.61. The van der Waals surface area contributed by atoms with Crippen LogP contribution < -0.4 is 4.90 Å². The highest BCUT2D eigenvalue weighted by Crippen LogP contribution is 2.30. The standard InChI is InChI=1S/C13H18ClN3O3/c14-12-10-11(17(19)20)2-3-13(12)16-7-5-15(6-8-16)4-1-9-18/h2-3,10,18H,1,4-9H2. The van der Waals surface area contributed by atoms with Crippen molar-refractivity contribution in [1.82, 2.24) is 4.90 Å². The van der Waals surface area contributed by atoms with Gasteiger partial charge >= 0.3 is 0 Å². The first-order valence-electron chi connectivity index (χ1n) is 6.64. The first kappa shape index (κ1) is 15.0. The Morgan fingerprint density at radius 2 is 2.00 bits per heavy atom. The van der Waals surface area contributed by atoms with Crippen LogP contribution in [0.3, 0.4) is 0 Å². The van der Waals surface area contributed by atoms with Crippen LogP contribution in [0.4, 0.5) is 11.4 Å². The number of nitro groups is 1. The van der Waals surface area contributed by atoms with E-state index in [2.05, 4.69) is 9.80 Å². The zero-order valence-electron chi connectivity index (χ0n) is 11.2. The number of non-ortho nitro benzene ring substituents is 1. The van der Waals surface area contributed by atoms with E-state index in [1.807, 2.05) is 0 Å². The summed E-state index contributed by atoms with van der Waals surface area (Å²) in [4.78, 5) is 14.7. The van der Waals surface area contributed by atoms with Gasteiger partial charge in [-0.1, -0.05) is 11.6 Å². The fourth-order valence-corrected chi connectivity index (χ4v) is 2.67. The van der Waals surface area contributed by atoms with E-state index < -0.39 is 4.92 Å². The highest BCUT2D eigenvalue weighted by atomic mass is 35.5. The molecule has 1 aromatic carbocycles. The Kier molecular flexibility index (Phi) is 5.17. The summed E-state index contributed by atoms with van der Waals surface area (Å²) in [6.07, 6.45) is 0.790. The molecule has 0 saturated carbocycles. The molecular formula is C13H18ClN3O3. The second-order valence-electron chi connectivity index (χ2n) is 4.80. The van der Waals surface area contributed by atoms with Gasteiger partial charge in [0.25, 0.3) is 5.69 Å². The molecule has 0 aromatic heterocycles. The maximum atomic E-state index is 10.7. The van der Waals surface area contributed by atoms with Gasteiger partial charge in [0.2, 0.25) is 0 Å². The Hall–Kier alpha value is -1.37. The number of piperazine rings is 1. The monoisotopic (exact) mass is 299 g/mol. The molecular weight excluding hydrogens is 282 g/mol. The van der Waals surface area contributed by atoms with Gasteiger partial charge in [-0.2, -0.15) is 0 Å². The lowest BCUT2D eigenvalue weighted by molar-refractivity contribution is -0.384. The number of aliphatic hydroxyl groups is 1. The summed E-state index contributed by atoms with van der Waals surface area (Å²) in [5.74, 6) is 0. The SMILES string of the molecule is O=[N+]([O-])c1ccc(N2CCN(CCCO)CC2)c(Cl)c1. The van der Waals surface area contributed by atoms with Crippen molar-refractivity contribution in [2.45, 2.75) is 6.42 Å². The van der Waals surface area contributed by atoms with Crippen LogP contribution in [0.1, 0.15) is 6.42 Å². The summed E-state index contributed by atoms with van der Waals surface area (Å²) in [6.45, 7) is 4.61. The lowest BCUT2D eigenvalue weighted by Gasteiger charge is -2.36. The number of hydrogen-bond donors (Lipinski definition) is 1. The molecule has 0 aliphatic carbocycles. The summed E-state index contributed by atoms with van der Waals surface area (Å²) in [6, 6.07) is 4.60. The molecule has 1 saturated heterocycles. The second-order valence-corrected chi connectivity index (χ2v) is 5.21. The second kappa shape index (κ2) is 6.88. The van der Waals surface area contributed by atoms with Gasteiger partial charge in [-0.15, -0.1) is 0 Å². The molecule has 0 unspecified atom stereocenters. The third kappa shape index (κ3) is 3.59. The molecule has 0 atom stereocenters. The number of rotatable bonds is 5. The van der Waals surface area contributed by atoms with Crippen molar-refractivity contribution in [3.8, 4) is 0 Å². The summed E-state index contributed by atoms with van der Waals surface area (Å²) in [5.41, 5.74) is 0.861. The van der Waals surface area contributed by atoms with Crippen LogP contribution in [0.15, 0.2) is 18.2 Å². The molecule has 2 rings (SSSR count). The molecule has 7 heteroatoms. The van der Waals surface area contributed by atoms with Gasteiger partial charge in [-0.25, -0.2) is 0 Å². The van der Waals surface area contributed by atoms with Crippen molar-refractivity contribution in [1.29, 1.82) is 0 Å². The average molecular weight is 300 g/mol. The van der Waals surface area contributed by atoms with E-state index in [9.17, 15) is 10.1 Å². The first-order valence-corrected chi connectivity index (χ1v) is 7.01. The van der Waals surface area contributed by atoms with Crippen LogP contribution in [0.25, 0.3) is 0 Å². The summed E-state index contributed by atoms with van der Waals surface area (Å²) in [7, 11) is 0. The molecule has 1 N–H and O–H groups in total. The Morgan fingerprint density at radius 3 is 2.55 bits per heavy atom. The van der Waals surface area contributed by atoms with E-state index in [0.717, 1.165) is 44.8 Å². The van der Waals surface area contributed by atoms with E-state index in [1.54, 1.807) is 6.07 Å². The highest BCUT2D eigenvalue weighted by molar-refractivity contribution is 6.33. The zero-order valence-corrected chi connectivity index (χ0v) is 11.9. The fraction of sp³-hybridized carbons (Fsp3) is 0.538. The molecule has 1 aromatic rings. The summed E-state index contributed by atoms with van der Waals surface area (Å²) < 4.78 is 0. The van der Waals surface area contributed by atoms with Crippen molar-refractivity contribution in [2.75, 3.05) is 44.2 Å². The molecule has 0 radical (unpaired) electrons. The topological polar surface area (TPSA) is 69.9 Å². The van der Waals surface area contributed by atoms with Gasteiger partial charge in [-0.3, -0.25) is 15.0 Å². The zero-order chi connectivity index (χ0) is 14.5. The Balaban J connectivity index is 1.98. The van der Waals surface area contributed by atoms with Crippen LogP contribution in [-0.2, 0) is 0 Å². The molecule has 20 heavy (non-hydrogen) atoms. The lowest BCUT2D eigenvalue weighted by Crippen LogP contribution is -2.46. The lowest BCUT2D eigenvalue weighted by atomic mass is 10.2. The van der Waals surface area contributed by atoms with Gasteiger partial charge in [0.15, 0.2) is 0 Å². The van der Waals surface area contributed by atoms with Crippen LogP contribution in [0.5, 0.6) is 0 Å². The van der Waals surface area contributed by atoms with E-state index in [-0.39, 0.29) is 12.3 Å². The fourth-order valence-electron chi connectivity index (χ4n) is 2.37. The Morgan fingerprint density at radius 1 is 1.30 bits per heavy atom. The number of anilines is 1. The molecule has 1 aliphatic rings. The van der Waals surface area contributed by atoms with Crippen molar-refractivity contribution in [3.63, 3.8) is 0 Å². The van der Waals surface area contributed by atoms with Crippen molar-refractivity contribution < 1.29 is 10.0 Å². The van der Waals surface area contributed by atoms with Crippen LogP contribution in [-0.4, -0.2) is 54.3 Å². The number of nitrogens with zero attached hydrogens (tertiary/aromatic N) is 3.